The minimum Gasteiger partial charge on any atom is -0.369 e. The molecule has 0 saturated heterocycles. The van der Waals surface area contributed by atoms with Crippen LogP contribution < -0.4 is 11.1 Å². The van der Waals surface area contributed by atoms with Gasteiger partial charge in [0.05, 0.1) is 11.3 Å². The number of anilines is 1. The quantitative estimate of drug-likeness (QED) is 0.909. The molecule has 5 nitrogen and oxygen atoms in total. The first-order valence-corrected chi connectivity index (χ1v) is 7.72. The van der Waals surface area contributed by atoms with E-state index in [-0.39, 0.29) is 17.9 Å². The Kier molecular flexibility index (Phi) is 3.33. The molecule has 0 bridgehead atoms. The van der Waals surface area contributed by atoms with E-state index in [0.29, 0.717) is 0 Å². The van der Waals surface area contributed by atoms with Gasteiger partial charge in [-0.15, -0.1) is 11.3 Å². The minimum atomic E-state index is -0.218. The standard InChI is InChI=1S/C14H18N4OS/c1-7-6-20-14-11(7)13(16-8(2)17-14)18-10-5-3-4-9(10)12(15)19/h6,9-10H,3-5H2,1-2H3,(H2,15,19)(H,16,17,18)/t9-,10+/m1/s1. The van der Waals surface area contributed by atoms with Crippen molar-refractivity contribution >= 4 is 33.3 Å². The molecule has 106 valence electrons. The molecule has 0 unspecified atom stereocenters. The topological polar surface area (TPSA) is 80.9 Å². The third-order valence-electron chi connectivity index (χ3n) is 3.93. The molecule has 2 aromatic heterocycles. The van der Waals surface area contributed by atoms with Gasteiger partial charge in [-0.1, -0.05) is 6.42 Å². The lowest BCUT2D eigenvalue weighted by atomic mass is 10.0. The number of carbonyl (C=O) groups is 1. The van der Waals surface area contributed by atoms with E-state index in [4.69, 9.17) is 5.73 Å². The van der Waals surface area contributed by atoms with Crippen molar-refractivity contribution in [3.05, 3.63) is 16.8 Å². The normalized spacial score (nSPS) is 22.3. The van der Waals surface area contributed by atoms with Gasteiger partial charge in [0, 0.05) is 6.04 Å². The Morgan fingerprint density at radius 2 is 2.20 bits per heavy atom. The van der Waals surface area contributed by atoms with Gasteiger partial charge < -0.3 is 11.1 Å². The SMILES string of the molecule is Cc1nc(N[C@H]2CCC[C@H]2C(N)=O)c2c(C)csc2n1. The zero-order valence-electron chi connectivity index (χ0n) is 11.6. The molecule has 0 aromatic carbocycles. The summed E-state index contributed by atoms with van der Waals surface area (Å²) in [6, 6.07) is 0.0873. The van der Waals surface area contributed by atoms with Crippen LogP contribution in [-0.2, 0) is 4.79 Å². The van der Waals surface area contributed by atoms with Crippen molar-refractivity contribution in [2.45, 2.75) is 39.2 Å². The maximum atomic E-state index is 11.5. The molecule has 0 spiro atoms. The third-order valence-corrected chi connectivity index (χ3v) is 4.92. The number of amides is 1. The van der Waals surface area contributed by atoms with Crippen molar-refractivity contribution in [1.82, 2.24) is 9.97 Å². The van der Waals surface area contributed by atoms with Crippen molar-refractivity contribution in [2.24, 2.45) is 11.7 Å². The Morgan fingerprint density at radius 3 is 2.95 bits per heavy atom. The first kappa shape index (κ1) is 13.3. The molecule has 0 aliphatic heterocycles. The average molecular weight is 290 g/mol. The van der Waals surface area contributed by atoms with Crippen LogP contribution in [0.1, 0.15) is 30.7 Å². The van der Waals surface area contributed by atoms with Gasteiger partial charge in [0.2, 0.25) is 5.91 Å². The summed E-state index contributed by atoms with van der Waals surface area (Å²) in [5, 5.41) is 6.59. The van der Waals surface area contributed by atoms with Crippen LogP contribution in [-0.4, -0.2) is 21.9 Å². The highest BCUT2D eigenvalue weighted by Gasteiger charge is 2.32. The fourth-order valence-corrected chi connectivity index (χ4v) is 3.91. The van der Waals surface area contributed by atoms with Crippen molar-refractivity contribution in [3.8, 4) is 0 Å². The molecule has 3 rings (SSSR count). The Labute approximate surface area is 121 Å². The fraction of sp³-hybridized carbons (Fsp3) is 0.500. The fourth-order valence-electron chi connectivity index (χ4n) is 2.94. The van der Waals surface area contributed by atoms with Gasteiger partial charge >= 0.3 is 0 Å². The van der Waals surface area contributed by atoms with Crippen LogP contribution in [0.4, 0.5) is 5.82 Å². The lowest BCUT2D eigenvalue weighted by Crippen LogP contribution is -2.34. The molecule has 2 heterocycles. The maximum absolute atomic E-state index is 11.5. The van der Waals surface area contributed by atoms with Crippen LogP contribution >= 0.6 is 11.3 Å². The number of fused-ring (bicyclic) bond motifs is 1. The highest BCUT2D eigenvalue weighted by molar-refractivity contribution is 7.17. The lowest BCUT2D eigenvalue weighted by Gasteiger charge is -2.19. The molecule has 6 heteroatoms. The van der Waals surface area contributed by atoms with Crippen LogP contribution in [0, 0.1) is 19.8 Å². The predicted octanol–water partition coefficient (Wildman–Crippen LogP) is 2.37. The van der Waals surface area contributed by atoms with E-state index in [9.17, 15) is 4.79 Å². The first-order valence-electron chi connectivity index (χ1n) is 6.84. The Morgan fingerprint density at radius 1 is 1.40 bits per heavy atom. The van der Waals surface area contributed by atoms with Gasteiger partial charge in [-0.25, -0.2) is 9.97 Å². The summed E-state index contributed by atoms with van der Waals surface area (Å²) in [7, 11) is 0. The molecule has 1 saturated carbocycles. The van der Waals surface area contributed by atoms with Crippen LogP contribution in [0.2, 0.25) is 0 Å². The zero-order chi connectivity index (χ0) is 14.3. The summed E-state index contributed by atoms with van der Waals surface area (Å²) in [6.07, 6.45) is 2.85. The largest absolute Gasteiger partial charge is 0.369 e. The van der Waals surface area contributed by atoms with E-state index in [1.807, 2.05) is 6.92 Å². The second-order valence-corrected chi connectivity index (χ2v) is 6.27. The molecular weight excluding hydrogens is 272 g/mol. The Balaban J connectivity index is 1.98. The number of primary amides is 1. The number of nitrogens with zero attached hydrogens (tertiary/aromatic N) is 2. The first-order chi connectivity index (χ1) is 9.56. The van der Waals surface area contributed by atoms with Crippen molar-refractivity contribution < 1.29 is 4.79 Å². The summed E-state index contributed by atoms with van der Waals surface area (Å²) < 4.78 is 0. The van der Waals surface area contributed by atoms with Crippen LogP contribution in [0.25, 0.3) is 10.2 Å². The average Bonchev–Trinajstić information content (AvgIpc) is 2.96. The summed E-state index contributed by atoms with van der Waals surface area (Å²) in [6.45, 7) is 3.95. The number of nitrogens with two attached hydrogens (primary N) is 1. The monoisotopic (exact) mass is 290 g/mol. The van der Waals surface area contributed by atoms with Crippen LogP contribution in [0.3, 0.4) is 0 Å². The van der Waals surface area contributed by atoms with Crippen molar-refractivity contribution in [1.29, 1.82) is 0 Å². The van der Waals surface area contributed by atoms with E-state index in [0.717, 1.165) is 41.1 Å². The number of hydrogen-bond acceptors (Lipinski definition) is 5. The highest BCUT2D eigenvalue weighted by atomic mass is 32.1. The summed E-state index contributed by atoms with van der Waals surface area (Å²) in [4.78, 5) is 21.5. The highest BCUT2D eigenvalue weighted by Crippen LogP contribution is 2.33. The molecule has 3 N–H and O–H groups in total. The second-order valence-electron chi connectivity index (χ2n) is 5.41. The molecule has 1 amide bonds. The van der Waals surface area contributed by atoms with Crippen molar-refractivity contribution in [3.63, 3.8) is 0 Å². The van der Waals surface area contributed by atoms with E-state index >= 15 is 0 Å². The van der Waals surface area contributed by atoms with E-state index < -0.39 is 0 Å². The van der Waals surface area contributed by atoms with Gasteiger partial charge in [0.15, 0.2) is 0 Å². The molecule has 1 aliphatic rings. The minimum absolute atomic E-state index is 0.0873. The van der Waals surface area contributed by atoms with Crippen LogP contribution in [0.5, 0.6) is 0 Å². The van der Waals surface area contributed by atoms with Gasteiger partial charge in [-0.3, -0.25) is 4.79 Å². The summed E-state index contributed by atoms with van der Waals surface area (Å²) >= 11 is 1.62. The maximum Gasteiger partial charge on any atom is 0.222 e. The van der Waals surface area contributed by atoms with E-state index in [1.54, 1.807) is 11.3 Å². The van der Waals surface area contributed by atoms with E-state index in [2.05, 4.69) is 27.6 Å². The van der Waals surface area contributed by atoms with Gasteiger partial charge in [0.1, 0.15) is 16.5 Å². The molecule has 20 heavy (non-hydrogen) atoms. The van der Waals surface area contributed by atoms with Gasteiger partial charge in [-0.2, -0.15) is 0 Å². The van der Waals surface area contributed by atoms with Gasteiger partial charge in [0.25, 0.3) is 0 Å². The molecule has 2 atom stereocenters. The Bertz CT molecular complexity index is 666. The number of nitrogens with one attached hydrogen (secondary N) is 1. The van der Waals surface area contributed by atoms with Gasteiger partial charge in [-0.05, 0) is 37.6 Å². The molecule has 1 aliphatic carbocycles. The smallest absolute Gasteiger partial charge is 0.222 e. The number of aryl methyl sites for hydroxylation is 2. The number of rotatable bonds is 3. The zero-order valence-corrected chi connectivity index (χ0v) is 12.5. The summed E-state index contributed by atoms with van der Waals surface area (Å²) in [5.41, 5.74) is 6.65. The van der Waals surface area contributed by atoms with Crippen molar-refractivity contribution in [2.75, 3.05) is 5.32 Å². The number of aromatic nitrogens is 2. The molecule has 2 aromatic rings. The number of carbonyl (C=O) groups excluding carboxylic acids is 1. The molecule has 0 radical (unpaired) electrons. The van der Waals surface area contributed by atoms with Crippen LogP contribution in [0.15, 0.2) is 5.38 Å². The van der Waals surface area contributed by atoms with E-state index in [1.165, 1.54) is 5.56 Å². The molecule has 1 fully saturated rings. The number of hydrogen-bond donors (Lipinski definition) is 2. The molecular formula is C14H18N4OS. The lowest BCUT2D eigenvalue weighted by molar-refractivity contribution is -0.121. The second kappa shape index (κ2) is 5.01. The third kappa shape index (κ3) is 2.24. The Hall–Kier alpha value is -1.69. The summed E-state index contributed by atoms with van der Waals surface area (Å²) in [5.74, 6) is 1.27. The predicted molar refractivity (Wildman–Crippen MR) is 80.8 cm³/mol. The number of thiophene rings is 1.